The molecule has 0 N–H and O–H groups in total. The summed E-state index contributed by atoms with van der Waals surface area (Å²) in [6.45, 7) is 1.39. The van der Waals surface area contributed by atoms with Crippen molar-refractivity contribution in [3.05, 3.63) is 59.4 Å². The molecule has 0 saturated carbocycles. The van der Waals surface area contributed by atoms with Crippen molar-refractivity contribution in [2.75, 3.05) is 13.7 Å². The van der Waals surface area contributed by atoms with Crippen LogP contribution >= 0.6 is 0 Å². The number of ether oxygens (including phenoxy) is 1. The van der Waals surface area contributed by atoms with Crippen molar-refractivity contribution >= 4 is 5.91 Å². The quantitative estimate of drug-likeness (QED) is 0.854. The van der Waals surface area contributed by atoms with Crippen LogP contribution in [0.15, 0.2) is 36.5 Å². The molecule has 0 fully saturated rings. The van der Waals surface area contributed by atoms with Gasteiger partial charge >= 0.3 is 0 Å². The minimum Gasteiger partial charge on any atom is -0.378 e. The van der Waals surface area contributed by atoms with E-state index in [0.717, 1.165) is 23.9 Å². The molecule has 4 nitrogen and oxygen atoms in total. The molecular formula is C16H16F2N2O2. The summed E-state index contributed by atoms with van der Waals surface area (Å²) in [6, 6.07) is 6.68. The Kier molecular flexibility index (Phi) is 3.94. The third kappa shape index (κ3) is 2.87. The van der Waals surface area contributed by atoms with Gasteiger partial charge in [0.1, 0.15) is 11.6 Å². The highest BCUT2D eigenvalue weighted by molar-refractivity contribution is 5.94. The van der Waals surface area contributed by atoms with Crippen molar-refractivity contribution in [1.29, 1.82) is 0 Å². The molecule has 6 heteroatoms. The van der Waals surface area contributed by atoms with Gasteiger partial charge in [0.15, 0.2) is 0 Å². The van der Waals surface area contributed by atoms with E-state index in [1.165, 1.54) is 0 Å². The Morgan fingerprint density at radius 2 is 1.95 bits per heavy atom. The van der Waals surface area contributed by atoms with Gasteiger partial charge in [0.2, 0.25) is 0 Å². The molecule has 1 aromatic heterocycles. The number of aromatic nitrogens is 1. The average Bonchev–Trinajstić information content (AvgIpc) is 2.83. The average molecular weight is 306 g/mol. The van der Waals surface area contributed by atoms with E-state index in [2.05, 4.69) is 0 Å². The van der Waals surface area contributed by atoms with Crippen LogP contribution in [0.4, 0.5) is 8.78 Å². The van der Waals surface area contributed by atoms with E-state index in [9.17, 15) is 13.6 Å². The number of benzene rings is 1. The number of carbonyl (C=O) groups is 1. The number of carbonyl (C=O) groups excluding carboxylic acids is 1. The summed E-state index contributed by atoms with van der Waals surface area (Å²) in [5, 5.41) is 0. The zero-order chi connectivity index (χ0) is 15.7. The minimum absolute atomic E-state index is 0.00681. The first-order chi connectivity index (χ1) is 10.6. The van der Waals surface area contributed by atoms with E-state index >= 15 is 0 Å². The summed E-state index contributed by atoms with van der Waals surface area (Å²) in [4.78, 5) is 14.1. The largest absolute Gasteiger partial charge is 0.378 e. The van der Waals surface area contributed by atoms with Crippen LogP contribution in [0.5, 0.6) is 0 Å². The topological polar surface area (TPSA) is 34.5 Å². The molecule has 2 heterocycles. The summed E-state index contributed by atoms with van der Waals surface area (Å²) in [5.74, 6) is -1.93. The number of amides is 1. The molecule has 116 valence electrons. The number of fused-ring (bicyclic) bond motifs is 1. The molecule has 0 saturated heterocycles. The van der Waals surface area contributed by atoms with E-state index in [1.807, 2.05) is 22.9 Å². The van der Waals surface area contributed by atoms with E-state index in [1.54, 1.807) is 12.0 Å². The molecule has 1 aromatic carbocycles. The van der Waals surface area contributed by atoms with Crippen LogP contribution in [0.3, 0.4) is 0 Å². The monoisotopic (exact) mass is 306 g/mol. The second-order valence-corrected chi connectivity index (χ2v) is 5.35. The van der Waals surface area contributed by atoms with E-state index in [4.69, 9.17) is 4.74 Å². The lowest BCUT2D eigenvalue weighted by molar-refractivity contribution is 0.0458. The number of nitrogens with zero attached hydrogens (tertiary/aromatic N) is 2. The Balaban J connectivity index is 1.91. The smallest absolute Gasteiger partial charge is 0.254 e. The Morgan fingerprint density at radius 1 is 1.23 bits per heavy atom. The van der Waals surface area contributed by atoms with Gasteiger partial charge in [-0.05, 0) is 24.3 Å². The Morgan fingerprint density at radius 3 is 2.64 bits per heavy atom. The predicted molar refractivity (Wildman–Crippen MR) is 76.3 cm³/mol. The molecule has 0 aliphatic carbocycles. The predicted octanol–water partition coefficient (Wildman–Crippen LogP) is 2.44. The Hall–Kier alpha value is -2.21. The van der Waals surface area contributed by atoms with Crippen LogP contribution in [-0.2, 0) is 17.8 Å². The van der Waals surface area contributed by atoms with Gasteiger partial charge < -0.3 is 14.2 Å². The van der Waals surface area contributed by atoms with Gasteiger partial charge in [0.05, 0.1) is 19.2 Å². The molecule has 3 rings (SSSR count). The molecule has 1 amide bonds. The second-order valence-electron chi connectivity index (χ2n) is 5.35. The lowest BCUT2D eigenvalue weighted by Crippen LogP contribution is -2.37. The summed E-state index contributed by atoms with van der Waals surface area (Å²) >= 11 is 0. The van der Waals surface area contributed by atoms with Gasteiger partial charge in [-0.25, -0.2) is 8.78 Å². The fraction of sp³-hybridized carbons (Fsp3) is 0.312. The van der Waals surface area contributed by atoms with Crippen molar-refractivity contribution in [2.45, 2.75) is 19.2 Å². The third-order valence-electron chi connectivity index (χ3n) is 3.83. The molecule has 1 aliphatic rings. The number of hydrogen-bond acceptors (Lipinski definition) is 2. The highest BCUT2D eigenvalue weighted by Gasteiger charge is 2.26. The Bertz CT molecular complexity index is 679. The van der Waals surface area contributed by atoms with Crippen molar-refractivity contribution in [3.8, 4) is 0 Å². The normalized spacial score (nSPS) is 18.0. The van der Waals surface area contributed by atoms with Crippen LogP contribution in [0.25, 0.3) is 0 Å². The lowest BCUT2D eigenvalue weighted by atomic mass is 10.1. The Labute approximate surface area is 126 Å². The van der Waals surface area contributed by atoms with Gasteiger partial charge in [0, 0.05) is 37.2 Å². The standard InChI is InChI=1S/C16H16F2N2O2/c1-22-15-9-19-4-2-3-14(19)8-20(10-15)16(21)11-5-12(17)7-13(18)6-11/h2-7,15H,8-10H2,1H3. The second kappa shape index (κ2) is 5.88. The molecule has 1 atom stereocenters. The molecule has 2 aromatic rings. The van der Waals surface area contributed by atoms with Crippen molar-refractivity contribution in [2.24, 2.45) is 0 Å². The first kappa shape index (κ1) is 14.7. The maximum atomic E-state index is 13.3. The van der Waals surface area contributed by atoms with Crippen molar-refractivity contribution in [1.82, 2.24) is 9.47 Å². The number of hydrogen-bond donors (Lipinski definition) is 0. The van der Waals surface area contributed by atoms with Crippen LogP contribution in [-0.4, -0.2) is 35.1 Å². The summed E-state index contributed by atoms with van der Waals surface area (Å²) < 4.78 is 34.1. The molecule has 1 aliphatic heterocycles. The maximum Gasteiger partial charge on any atom is 0.254 e. The fourth-order valence-electron chi connectivity index (χ4n) is 2.72. The summed E-state index contributed by atoms with van der Waals surface area (Å²) in [7, 11) is 1.59. The van der Waals surface area contributed by atoms with E-state index in [0.29, 0.717) is 19.6 Å². The van der Waals surface area contributed by atoms with Gasteiger partial charge in [-0.2, -0.15) is 0 Å². The maximum absolute atomic E-state index is 13.3. The minimum atomic E-state index is -0.759. The lowest BCUT2D eigenvalue weighted by Gasteiger charge is -2.23. The number of halogens is 2. The van der Waals surface area contributed by atoms with Gasteiger partial charge in [-0.15, -0.1) is 0 Å². The first-order valence-electron chi connectivity index (χ1n) is 6.99. The highest BCUT2D eigenvalue weighted by Crippen LogP contribution is 2.18. The van der Waals surface area contributed by atoms with Gasteiger partial charge in [-0.1, -0.05) is 0 Å². The summed E-state index contributed by atoms with van der Waals surface area (Å²) in [5.41, 5.74) is 0.970. The van der Waals surface area contributed by atoms with Crippen molar-refractivity contribution in [3.63, 3.8) is 0 Å². The molecule has 1 unspecified atom stereocenters. The highest BCUT2D eigenvalue weighted by atomic mass is 19.1. The third-order valence-corrected chi connectivity index (χ3v) is 3.83. The van der Waals surface area contributed by atoms with Crippen LogP contribution in [0.2, 0.25) is 0 Å². The molecule has 0 spiro atoms. The van der Waals surface area contributed by atoms with E-state index < -0.39 is 17.5 Å². The zero-order valence-electron chi connectivity index (χ0n) is 12.1. The van der Waals surface area contributed by atoms with Crippen LogP contribution < -0.4 is 0 Å². The molecular weight excluding hydrogens is 290 g/mol. The summed E-state index contributed by atoms with van der Waals surface area (Å²) in [6.07, 6.45) is 1.76. The van der Waals surface area contributed by atoms with Crippen LogP contribution in [0.1, 0.15) is 16.1 Å². The number of methoxy groups -OCH3 is 1. The molecule has 0 bridgehead atoms. The van der Waals surface area contributed by atoms with Crippen molar-refractivity contribution < 1.29 is 18.3 Å². The SMILES string of the molecule is COC1CN(C(=O)c2cc(F)cc(F)c2)Cc2cccn2C1. The zero-order valence-corrected chi connectivity index (χ0v) is 12.1. The molecule has 22 heavy (non-hydrogen) atoms. The molecule has 0 radical (unpaired) electrons. The first-order valence-corrected chi connectivity index (χ1v) is 6.99. The van der Waals surface area contributed by atoms with E-state index in [-0.39, 0.29) is 11.7 Å². The van der Waals surface area contributed by atoms with Gasteiger partial charge in [-0.3, -0.25) is 4.79 Å². The van der Waals surface area contributed by atoms with Gasteiger partial charge in [0.25, 0.3) is 5.91 Å². The fourth-order valence-corrected chi connectivity index (χ4v) is 2.72. The van der Waals surface area contributed by atoms with Crippen LogP contribution in [0, 0.1) is 11.6 Å². The number of rotatable bonds is 2.